The molecule has 1 fully saturated rings. The van der Waals surface area contributed by atoms with Crippen molar-refractivity contribution in [2.24, 2.45) is 5.92 Å². The van der Waals surface area contributed by atoms with E-state index < -0.39 is 15.8 Å². The van der Waals surface area contributed by atoms with Crippen LogP contribution in [0.4, 0.5) is 4.39 Å². The number of aromatic nitrogens is 1. The minimum atomic E-state index is -3.59. The lowest BCUT2D eigenvalue weighted by Gasteiger charge is -2.32. The van der Waals surface area contributed by atoms with Crippen molar-refractivity contribution in [2.45, 2.75) is 17.7 Å². The highest BCUT2D eigenvalue weighted by Crippen LogP contribution is 2.24. The first-order valence-electron chi connectivity index (χ1n) is 9.42. The van der Waals surface area contributed by atoms with Gasteiger partial charge in [0, 0.05) is 38.4 Å². The Morgan fingerprint density at radius 3 is 2.62 bits per heavy atom. The number of sulfonamides is 1. The molecular weight excluding hydrogens is 397 g/mol. The number of pyridine rings is 1. The Kier molecular flexibility index (Phi) is 6.81. The Balaban J connectivity index is 1.48. The van der Waals surface area contributed by atoms with Crippen molar-refractivity contribution >= 4 is 15.9 Å². The molecule has 0 atom stereocenters. The summed E-state index contributed by atoms with van der Waals surface area (Å²) in [4.78, 5) is 18.2. The Morgan fingerprint density at radius 2 is 1.97 bits per heavy atom. The van der Waals surface area contributed by atoms with E-state index in [1.54, 1.807) is 30.1 Å². The number of benzene rings is 1. The van der Waals surface area contributed by atoms with Crippen LogP contribution in [0, 0.1) is 11.7 Å². The monoisotopic (exact) mass is 421 g/mol. The van der Waals surface area contributed by atoms with E-state index in [0.29, 0.717) is 19.4 Å². The summed E-state index contributed by atoms with van der Waals surface area (Å²) >= 11 is 0. The van der Waals surface area contributed by atoms with Crippen LogP contribution < -0.4 is 4.74 Å². The molecule has 0 saturated carbocycles. The van der Waals surface area contributed by atoms with Gasteiger partial charge in [-0.15, -0.1) is 0 Å². The number of halogens is 1. The van der Waals surface area contributed by atoms with Gasteiger partial charge in [-0.25, -0.2) is 12.8 Å². The lowest BCUT2D eigenvalue weighted by Crippen LogP contribution is -2.44. The topological polar surface area (TPSA) is 79.8 Å². The van der Waals surface area contributed by atoms with Gasteiger partial charge in [0.2, 0.25) is 15.9 Å². The first-order valence-corrected chi connectivity index (χ1v) is 10.9. The van der Waals surface area contributed by atoms with Crippen molar-refractivity contribution in [2.75, 3.05) is 33.3 Å². The molecule has 0 spiro atoms. The molecule has 0 radical (unpaired) electrons. The number of carbonyl (C=O) groups excluding carboxylic acids is 1. The number of amides is 1. The number of para-hydroxylation sites is 1. The number of nitrogens with zero attached hydrogens (tertiary/aromatic N) is 3. The van der Waals surface area contributed by atoms with Gasteiger partial charge in [0.05, 0.1) is 6.54 Å². The summed E-state index contributed by atoms with van der Waals surface area (Å²) in [6, 6.07) is 9.22. The Labute approximate surface area is 170 Å². The van der Waals surface area contributed by atoms with Gasteiger partial charge in [0.1, 0.15) is 11.5 Å². The predicted molar refractivity (Wildman–Crippen MR) is 105 cm³/mol. The van der Waals surface area contributed by atoms with E-state index in [9.17, 15) is 17.6 Å². The molecule has 1 aromatic carbocycles. The molecule has 1 aliphatic heterocycles. The van der Waals surface area contributed by atoms with Crippen molar-refractivity contribution in [3.05, 3.63) is 54.6 Å². The second kappa shape index (κ2) is 9.32. The fourth-order valence-electron chi connectivity index (χ4n) is 3.27. The molecule has 0 N–H and O–H groups in total. The first-order chi connectivity index (χ1) is 13.9. The van der Waals surface area contributed by atoms with Crippen molar-refractivity contribution in [1.82, 2.24) is 14.2 Å². The summed E-state index contributed by atoms with van der Waals surface area (Å²) in [7, 11) is -1.92. The van der Waals surface area contributed by atoms with E-state index in [2.05, 4.69) is 4.98 Å². The van der Waals surface area contributed by atoms with Gasteiger partial charge in [-0.2, -0.15) is 4.31 Å². The molecule has 3 rings (SSSR count). The average molecular weight is 421 g/mol. The van der Waals surface area contributed by atoms with Gasteiger partial charge in [-0.1, -0.05) is 12.1 Å². The van der Waals surface area contributed by atoms with Crippen LogP contribution in [0.3, 0.4) is 0 Å². The van der Waals surface area contributed by atoms with Crippen molar-refractivity contribution in [3.63, 3.8) is 0 Å². The van der Waals surface area contributed by atoms with E-state index >= 15 is 0 Å². The van der Waals surface area contributed by atoms with Crippen LogP contribution in [0.15, 0.2) is 53.7 Å². The van der Waals surface area contributed by atoms with Crippen molar-refractivity contribution in [3.8, 4) is 5.75 Å². The second-order valence-electron chi connectivity index (χ2n) is 6.91. The quantitative estimate of drug-likeness (QED) is 0.685. The molecular formula is C20H24FN3O4S. The molecule has 1 aliphatic rings. The maximum Gasteiger partial charge on any atom is 0.244 e. The number of piperidine rings is 1. The van der Waals surface area contributed by atoms with Crippen LogP contribution >= 0.6 is 0 Å². The summed E-state index contributed by atoms with van der Waals surface area (Å²) in [6.45, 7) is 1.07. The van der Waals surface area contributed by atoms with Crippen LogP contribution in [0.25, 0.3) is 0 Å². The molecule has 7 nitrogen and oxygen atoms in total. The van der Waals surface area contributed by atoms with Crippen LogP contribution in [-0.4, -0.2) is 61.8 Å². The largest absolute Gasteiger partial charge is 0.489 e. The molecule has 2 heterocycles. The summed E-state index contributed by atoms with van der Waals surface area (Å²) < 4.78 is 45.6. The maximum atomic E-state index is 13.6. The molecule has 0 unspecified atom stereocenters. The zero-order valence-corrected chi connectivity index (χ0v) is 17.0. The zero-order chi connectivity index (χ0) is 20.9. The second-order valence-corrected chi connectivity index (χ2v) is 8.84. The van der Waals surface area contributed by atoms with Gasteiger partial charge in [-0.05, 0) is 37.1 Å². The standard InChI is InChI=1S/C20H24FN3O4S/c1-23(13-14-28-19-7-3-2-6-18(19)21)20(25)16-8-11-24(12-9-16)29(26,27)17-5-4-10-22-15-17/h2-7,10,15-16H,8-9,11-14H2,1H3. The molecule has 156 valence electrons. The number of carbonyl (C=O) groups is 1. The van der Waals surface area contributed by atoms with Gasteiger partial charge < -0.3 is 9.64 Å². The Bertz CT molecular complexity index is 932. The lowest BCUT2D eigenvalue weighted by molar-refractivity contribution is -0.135. The third kappa shape index (κ3) is 5.10. The normalized spacial score (nSPS) is 15.8. The predicted octanol–water partition coefficient (Wildman–Crippen LogP) is 2.16. The fourth-order valence-corrected chi connectivity index (χ4v) is 4.70. The molecule has 9 heteroatoms. The molecule has 0 aliphatic carbocycles. The van der Waals surface area contributed by atoms with Crippen LogP contribution in [0.1, 0.15) is 12.8 Å². The minimum Gasteiger partial charge on any atom is -0.489 e. The van der Waals surface area contributed by atoms with Gasteiger partial charge in [-0.3, -0.25) is 9.78 Å². The summed E-state index contributed by atoms with van der Waals surface area (Å²) in [5, 5.41) is 0. The molecule has 2 aromatic rings. The average Bonchev–Trinajstić information content (AvgIpc) is 2.75. The minimum absolute atomic E-state index is 0.0550. The van der Waals surface area contributed by atoms with E-state index in [1.165, 1.54) is 34.9 Å². The van der Waals surface area contributed by atoms with Gasteiger partial charge >= 0.3 is 0 Å². The smallest absolute Gasteiger partial charge is 0.244 e. The van der Waals surface area contributed by atoms with Crippen molar-refractivity contribution in [1.29, 1.82) is 0 Å². The van der Waals surface area contributed by atoms with Crippen molar-refractivity contribution < 1.29 is 22.3 Å². The number of hydrogen-bond donors (Lipinski definition) is 0. The summed E-state index contributed by atoms with van der Waals surface area (Å²) in [5.74, 6) is -0.583. The highest BCUT2D eigenvalue weighted by atomic mass is 32.2. The fraction of sp³-hybridized carbons (Fsp3) is 0.400. The first kappa shape index (κ1) is 21.2. The molecule has 1 aromatic heterocycles. The highest BCUT2D eigenvalue weighted by molar-refractivity contribution is 7.89. The summed E-state index contributed by atoms with van der Waals surface area (Å²) in [6.07, 6.45) is 3.76. The maximum absolute atomic E-state index is 13.6. The number of rotatable bonds is 7. The van der Waals surface area contributed by atoms with E-state index in [1.807, 2.05) is 0 Å². The van der Waals surface area contributed by atoms with Crippen LogP contribution in [0.5, 0.6) is 5.75 Å². The number of hydrogen-bond acceptors (Lipinski definition) is 5. The molecule has 1 saturated heterocycles. The van der Waals surface area contributed by atoms with E-state index in [-0.39, 0.29) is 42.2 Å². The van der Waals surface area contributed by atoms with Crippen LogP contribution in [0.2, 0.25) is 0 Å². The number of likely N-dealkylation sites (N-methyl/N-ethyl adjacent to an activating group) is 1. The zero-order valence-electron chi connectivity index (χ0n) is 16.2. The van der Waals surface area contributed by atoms with Gasteiger partial charge in [0.25, 0.3) is 0 Å². The Morgan fingerprint density at radius 1 is 1.24 bits per heavy atom. The van der Waals surface area contributed by atoms with Gasteiger partial charge in [0.15, 0.2) is 11.6 Å². The summed E-state index contributed by atoms with van der Waals surface area (Å²) in [5.41, 5.74) is 0. The lowest BCUT2D eigenvalue weighted by atomic mass is 9.97. The Hall–Kier alpha value is -2.52. The molecule has 29 heavy (non-hydrogen) atoms. The SMILES string of the molecule is CN(CCOc1ccccc1F)C(=O)C1CCN(S(=O)(=O)c2cccnc2)CC1. The number of ether oxygens (including phenoxy) is 1. The molecule has 1 amide bonds. The van der Waals surface area contributed by atoms with E-state index in [0.717, 1.165) is 0 Å². The molecule has 0 bridgehead atoms. The van der Waals surface area contributed by atoms with Crippen LogP contribution in [-0.2, 0) is 14.8 Å². The van der Waals surface area contributed by atoms with E-state index in [4.69, 9.17) is 4.74 Å². The third-order valence-electron chi connectivity index (χ3n) is 4.97. The third-order valence-corrected chi connectivity index (χ3v) is 6.85. The highest BCUT2D eigenvalue weighted by Gasteiger charge is 2.33.